The van der Waals surface area contributed by atoms with Crippen molar-refractivity contribution in [3.05, 3.63) is 39.9 Å². The number of aromatic amines is 1. The van der Waals surface area contributed by atoms with Crippen LogP contribution in [0, 0.1) is 12.7 Å². The molecule has 18 heavy (non-hydrogen) atoms. The predicted octanol–water partition coefficient (Wildman–Crippen LogP) is 2.45. The smallest absolute Gasteiger partial charge is 0.278 e. The molecular formula is C11H10BrFN4O. The van der Waals surface area contributed by atoms with E-state index in [9.17, 15) is 9.18 Å². The Kier molecular flexibility index (Phi) is 3.33. The fourth-order valence-corrected chi connectivity index (χ4v) is 1.75. The molecule has 1 amide bonds. The highest BCUT2D eigenvalue weighted by atomic mass is 79.9. The second kappa shape index (κ2) is 4.77. The zero-order chi connectivity index (χ0) is 13.3. The first-order valence-corrected chi connectivity index (χ1v) is 5.85. The van der Waals surface area contributed by atoms with Crippen LogP contribution in [0.15, 0.2) is 22.7 Å². The summed E-state index contributed by atoms with van der Waals surface area (Å²) in [5.74, 6) is -1.09. The Hall–Kier alpha value is -1.89. The average molecular weight is 313 g/mol. The number of H-pyrrole nitrogens is 1. The van der Waals surface area contributed by atoms with Gasteiger partial charge in [-0.25, -0.2) is 4.39 Å². The maximum absolute atomic E-state index is 13.5. The number of hydrogen-bond donors (Lipinski definition) is 3. The second-order valence-corrected chi connectivity index (χ2v) is 4.60. The van der Waals surface area contributed by atoms with E-state index < -0.39 is 11.7 Å². The molecule has 0 bridgehead atoms. The maximum Gasteiger partial charge on any atom is 0.278 e. The van der Waals surface area contributed by atoms with Gasteiger partial charge in [-0.2, -0.15) is 5.10 Å². The van der Waals surface area contributed by atoms with Crippen molar-refractivity contribution in [3.8, 4) is 0 Å². The first kappa shape index (κ1) is 12.6. The molecule has 1 heterocycles. The van der Waals surface area contributed by atoms with Gasteiger partial charge in [0.15, 0.2) is 5.69 Å². The lowest BCUT2D eigenvalue weighted by molar-refractivity contribution is 0.102. The van der Waals surface area contributed by atoms with Crippen molar-refractivity contribution < 1.29 is 9.18 Å². The summed E-state index contributed by atoms with van der Waals surface area (Å²) >= 11 is 3.20. The van der Waals surface area contributed by atoms with E-state index in [2.05, 4.69) is 31.4 Å². The number of nitrogens with two attached hydrogens (primary N) is 1. The number of anilines is 2. The summed E-state index contributed by atoms with van der Waals surface area (Å²) in [5.41, 5.74) is 6.62. The van der Waals surface area contributed by atoms with Gasteiger partial charge in [-0.15, -0.1) is 0 Å². The summed E-state index contributed by atoms with van der Waals surface area (Å²) in [6.45, 7) is 1.69. The van der Waals surface area contributed by atoms with Gasteiger partial charge in [0.05, 0.1) is 17.1 Å². The zero-order valence-corrected chi connectivity index (χ0v) is 11.0. The lowest BCUT2D eigenvalue weighted by Crippen LogP contribution is -2.15. The minimum atomic E-state index is -0.561. The number of halogens is 2. The molecule has 0 atom stereocenters. The van der Waals surface area contributed by atoms with Crippen molar-refractivity contribution in [2.75, 3.05) is 11.1 Å². The van der Waals surface area contributed by atoms with Gasteiger partial charge in [-0.1, -0.05) is 15.9 Å². The fraction of sp³-hybridized carbons (Fsp3) is 0.0909. The van der Waals surface area contributed by atoms with Crippen molar-refractivity contribution in [1.82, 2.24) is 10.2 Å². The Morgan fingerprint density at radius 1 is 1.56 bits per heavy atom. The summed E-state index contributed by atoms with van der Waals surface area (Å²) < 4.78 is 14.1. The molecule has 0 spiro atoms. The van der Waals surface area contributed by atoms with Gasteiger partial charge >= 0.3 is 0 Å². The van der Waals surface area contributed by atoms with E-state index >= 15 is 0 Å². The Bertz CT molecular complexity index is 611. The van der Waals surface area contributed by atoms with Crippen molar-refractivity contribution >= 4 is 33.2 Å². The van der Waals surface area contributed by atoms with Crippen LogP contribution in [0.25, 0.3) is 0 Å². The van der Waals surface area contributed by atoms with Gasteiger partial charge < -0.3 is 11.1 Å². The van der Waals surface area contributed by atoms with Crippen LogP contribution in [0.1, 0.15) is 16.2 Å². The number of nitrogen functional groups attached to an aromatic ring is 1. The molecule has 0 aliphatic rings. The van der Waals surface area contributed by atoms with Crippen molar-refractivity contribution in [3.63, 3.8) is 0 Å². The van der Waals surface area contributed by atoms with Crippen LogP contribution < -0.4 is 11.1 Å². The highest BCUT2D eigenvalue weighted by molar-refractivity contribution is 9.10. The van der Waals surface area contributed by atoms with Gasteiger partial charge in [0, 0.05) is 4.47 Å². The zero-order valence-electron chi connectivity index (χ0n) is 9.42. The van der Waals surface area contributed by atoms with Gasteiger partial charge in [-0.3, -0.25) is 9.89 Å². The van der Waals surface area contributed by atoms with Gasteiger partial charge in [0.25, 0.3) is 5.91 Å². The summed E-state index contributed by atoms with van der Waals surface area (Å²) in [4.78, 5) is 11.9. The quantitative estimate of drug-likeness (QED) is 0.796. The van der Waals surface area contributed by atoms with E-state index in [1.165, 1.54) is 18.2 Å². The standard InChI is InChI=1S/C11H10BrFN4O/c1-5-9(14)10(17-16-5)11(18)15-8-4-6(12)2-3-7(8)13/h2-4H,14H2,1H3,(H,15,18)(H,16,17). The number of nitrogens with one attached hydrogen (secondary N) is 2. The van der Waals surface area contributed by atoms with Gasteiger partial charge in [0.2, 0.25) is 0 Å². The molecule has 94 valence electrons. The minimum absolute atomic E-state index is 0.0480. The fourth-order valence-electron chi connectivity index (χ4n) is 1.39. The van der Waals surface area contributed by atoms with Crippen LogP contribution in [0.3, 0.4) is 0 Å². The van der Waals surface area contributed by atoms with Crippen LogP contribution in [0.5, 0.6) is 0 Å². The average Bonchev–Trinajstić information content (AvgIpc) is 2.65. The molecule has 2 aromatic rings. The van der Waals surface area contributed by atoms with Crippen LogP contribution in [-0.2, 0) is 0 Å². The predicted molar refractivity (Wildman–Crippen MR) is 69.8 cm³/mol. The summed E-state index contributed by atoms with van der Waals surface area (Å²) in [6.07, 6.45) is 0. The topological polar surface area (TPSA) is 83.8 Å². The Labute approximate surface area is 111 Å². The molecular weight excluding hydrogens is 303 g/mol. The van der Waals surface area contributed by atoms with Crippen LogP contribution in [0.2, 0.25) is 0 Å². The van der Waals surface area contributed by atoms with Crippen molar-refractivity contribution in [2.24, 2.45) is 0 Å². The molecule has 0 fully saturated rings. The number of hydrogen-bond acceptors (Lipinski definition) is 3. The minimum Gasteiger partial charge on any atom is -0.395 e. The monoisotopic (exact) mass is 312 g/mol. The molecule has 0 saturated heterocycles. The maximum atomic E-state index is 13.5. The summed E-state index contributed by atoms with van der Waals surface area (Å²) in [6, 6.07) is 4.25. The SMILES string of the molecule is Cc1[nH]nc(C(=O)Nc2cc(Br)ccc2F)c1N. The van der Waals surface area contributed by atoms with E-state index in [0.717, 1.165) is 0 Å². The van der Waals surface area contributed by atoms with Crippen LogP contribution in [0.4, 0.5) is 15.8 Å². The number of rotatable bonds is 2. The normalized spacial score (nSPS) is 10.4. The van der Waals surface area contributed by atoms with Gasteiger partial charge in [-0.05, 0) is 25.1 Å². The second-order valence-electron chi connectivity index (χ2n) is 3.69. The highest BCUT2D eigenvalue weighted by Crippen LogP contribution is 2.21. The molecule has 0 radical (unpaired) electrons. The highest BCUT2D eigenvalue weighted by Gasteiger charge is 2.16. The third-order valence-corrected chi connectivity index (χ3v) is 2.88. The van der Waals surface area contributed by atoms with Crippen molar-refractivity contribution in [2.45, 2.75) is 6.92 Å². The number of carbonyl (C=O) groups excluding carboxylic acids is 1. The number of aromatic nitrogens is 2. The molecule has 0 aliphatic heterocycles. The Morgan fingerprint density at radius 3 is 2.89 bits per heavy atom. The summed E-state index contributed by atoms with van der Waals surface area (Å²) in [5, 5.41) is 8.77. The number of aryl methyl sites for hydroxylation is 1. The van der Waals surface area contributed by atoms with Crippen LogP contribution >= 0.6 is 15.9 Å². The van der Waals surface area contributed by atoms with E-state index in [1.54, 1.807) is 6.92 Å². The third kappa shape index (κ3) is 2.35. The van der Waals surface area contributed by atoms with E-state index in [-0.39, 0.29) is 17.1 Å². The molecule has 4 N–H and O–H groups in total. The third-order valence-electron chi connectivity index (χ3n) is 2.39. The molecule has 0 aliphatic carbocycles. The molecule has 1 aromatic heterocycles. The van der Waals surface area contributed by atoms with E-state index in [4.69, 9.17) is 5.73 Å². The largest absolute Gasteiger partial charge is 0.395 e. The van der Waals surface area contributed by atoms with Gasteiger partial charge in [0.1, 0.15) is 5.82 Å². The Balaban J connectivity index is 2.27. The van der Waals surface area contributed by atoms with Crippen molar-refractivity contribution in [1.29, 1.82) is 0 Å². The number of amides is 1. The van der Waals surface area contributed by atoms with E-state index in [1.807, 2.05) is 0 Å². The lowest BCUT2D eigenvalue weighted by atomic mass is 10.2. The Morgan fingerprint density at radius 2 is 2.28 bits per heavy atom. The molecule has 0 unspecified atom stereocenters. The van der Waals surface area contributed by atoms with E-state index in [0.29, 0.717) is 10.2 Å². The van der Waals surface area contributed by atoms with Crippen LogP contribution in [-0.4, -0.2) is 16.1 Å². The number of nitrogens with zero attached hydrogens (tertiary/aromatic N) is 1. The number of benzene rings is 1. The number of carbonyl (C=O) groups is 1. The molecule has 2 rings (SSSR count). The molecule has 1 aromatic carbocycles. The first-order chi connectivity index (χ1) is 8.49. The molecule has 5 nitrogen and oxygen atoms in total. The molecule has 0 saturated carbocycles. The molecule has 7 heteroatoms. The summed E-state index contributed by atoms with van der Waals surface area (Å²) in [7, 11) is 0. The lowest BCUT2D eigenvalue weighted by Gasteiger charge is -2.05. The first-order valence-electron chi connectivity index (χ1n) is 5.06.